The zero-order valence-electron chi connectivity index (χ0n) is 17.8. The SMILES string of the molecule is COc1cccc(CN2CCc3c(c(C(=O)N(C)C)nn3Cc3ccccc3)C2)c1. The molecule has 3 aromatic rings. The Hall–Kier alpha value is -3.12. The van der Waals surface area contributed by atoms with Crippen molar-refractivity contribution < 1.29 is 9.53 Å². The van der Waals surface area contributed by atoms with Gasteiger partial charge in [0.15, 0.2) is 5.69 Å². The predicted molar refractivity (Wildman–Crippen MR) is 117 cm³/mol. The highest BCUT2D eigenvalue weighted by Gasteiger charge is 2.29. The van der Waals surface area contributed by atoms with Crippen LogP contribution in [-0.2, 0) is 26.1 Å². The Bertz CT molecular complexity index is 1030. The van der Waals surface area contributed by atoms with Gasteiger partial charge in [-0.15, -0.1) is 0 Å². The molecule has 1 aliphatic heterocycles. The van der Waals surface area contributed by atoms with E-state index in [1.54, 1.807) is 26.1 Å². The molecule has 0 unspecified atom stereocenters. The summed E-state index contributed by atoms with van der Waals surface area (Å²) in [6, 6.07) is 18.4. The van der Waals surface area contributed by atoms with Gasteiger partial charge in [0, 0.05) is 51.4 Å². The number of carbonyl (C=O) groups excluding carboxylic acids is 1. The largest absolute Gasteiger partial charge is 0.497 e. The molecule has 0 bridgehead atoms. The Balaban J connectivity index is 1.61. The maximum absolute atomic E-state index is 12.8. The highest BCUT2D eigenvalue weighted by Crippen LogP contribution is 2.26. The van der Waals surface area contributed by atoms with Crippen LogP contribution in [0.1, 0.15) is 32.9 Å². The molecule has 6 heteroatoms. The molecule has 0 saturated heterocycles. The summed E-state index contributed by atoms with van der Waals surface area (Å²) in [6.45, 7) is 3.15. The van der Waals surface area contributed by atoms with Crippen LogP contribution in [0, 0.1) is 0 Å². The van der Waals surface area contributed by atoms with E-state index in [1.165, 1.54) is 16.8 Å². The first-order valence-electron chi connectivity index (χ1n) is 10.2. The summed E-state index contributed by atoms with van der Waals surface area (Å²) in [4.78, 5) is 16.8. The molecule has 1 aromatic heterocycles. The van der Waals surface area contributed by atoms with Gasteiger partial charge in [-0.2, -0.15) is 5.10 Å². The molecule has 0 radical (unpaired) electrons. The Morgan fingerprint density at radius 3 is 2.57 bits per heavy atom. The van der Waals surface area contributed by atoms with Crippen LogP contribution in [0.3, 0.4) is 0 Å². The molecule has 4 rings (SSSR count). The van der Waals surface area contributed by atoms with Crippen LogP contribution in [0.25, 0.3) is 0 Å². The van der Waals surface area contributed by atoms with Gasteiger partial charge in [-0.05, 0) is 23.3 Å². The number of hydrogen-bond acceptors (Lipinski definition) is 4. The van der Waals surface area contributed by atoms with Crippen LogP contribution in [0.15, 0.2) is 54.6 Å². The fourth-order valence-electron chi connectivity index (χ4n) is 3.98. The lowest BCUT2D eigenvalue weighted by molar-refractivity contribution is 0.0818. The second-order valence-corrected chi connectivity index (χ2v) is 7.93. The molecule has 2 heterocycles. The number of rotatable bonds is 6. The normalized spacial score (nSPS) is 13.7. The molecule has 0 atom stereocenters. The molecule has 0 saturated carbocycles. The van der Waals surface area contributed by atoms with Gasteiger partial charge in [-0.25, -0.2) is 0 Å². The average Bonchev–Trinajstić information content (AvgIpc) is 3.11. The third kappa shape index (κ3) is 4.24. The summed E-state index contributed by atoms with van der Waals surface area (Å²) in [5.41, 5.74) is 5.19. The monoisotopic (exact) mass is 404 g/mol. The quantitative estimate of drug-likeness (QED) is 0.633. The molecule has 1 aliphatic rings. The molecule has 0 fully saturated rings. The van der Waals surface area contributed by atoms with E-state index < -0.39 is 0 Å². The molecule has 0 aliphatic carbocycles. The summed E-state index contributed by atoms with van der Waals surface area (Å²) in [7, 11) is 5.25. The first-order valence-corrected chi connectivity index (χ1v) is 10.2. The number of fused-ring (bicyclic) bond motifs is 1. The Morgan fingerprint density at radius 1 is 1.07 bits per heavy atom. The van der Waals surface area contributed by atoms with Crippen LogP contribution in [0.4, 0.5) is 0 Å². The highest BCUT2D eigenvalue weighted by molar-refractivity contribution is 5.93. The second-order valence-electron chi connectivity index (χ2n) is 7.93. The van der Waals surface area contributed by atoms with E-state index in [2.05, 4.69) is 29.2 Å². The van der Waals surface area contributed by atoms with Gasteiger partial charge in [-0.3, -0.25) is 14.4 Å². The number of hydrogen-bond donors (Lipinski definition) is 0. The van der Waals surface area contributed by atoms with Crippen molar-refractivity contribution in [3.63, 3.8) is 0 Å². The van der Waals surface area contributed by atoms with Gasteiger partial charge in [0.25, 0.3) is 5.91 Å². The minimum atomic E-state index is -0.0405. The molecule has 6 nitrogen and oxygen atoms in total. The van der Waals surface area contributed by atoms with E-state index >= 15 is 0 Å². The summed E-state index contributed by atoms with van der Waals surface area (Å²) in [5, 5.41) is 4.76. The highest BCUT2D eigenvalue weighted by atomic mass is 16.5. The van der Waals surface area contributed by atoms with E-state index in [1.807, 2.05) is 35.0 Å². The Labute approximate surface area is 177 Å². The third-order valence-electron chi connectivity index (χ3n) is 5.54. The molecule has 156 valence electrons. The van der Waals surface area contributed by atoms with E-state index in [4.69, 9.17) is 9.84 Å². The summed E-state index contributed by atoms with van der Waals surface area (Å²) in [6.07, 6.45) is 0.875. The lowest BCUT2D eigenvalue weighted by atomic mass is 10.0. The van der Waals surface area contributed by atoms with E-state index in [9.17, 15) is 4.79 Å². The zero-order chi connectivity index (χ0) is 21.1. The number of nitrogens with zero attached hydrogens (tertiary/aromatic N) is 4. The van der Waals surface area contributed by atoms with Gasteiger partial charge in [-0.1, -0.05) is 42.5 Å². The second kappa shape index (κ2) is 8.71. The molecule has 1 amide bonds. The van der Waals surface area contributed by atoms with Crippen molar-refractivity contribution in [1.82, 2.24) is 19.6 Å². The van der Waals surface area contributed by atoms with E-state index in [0.717, 1.165) is 37.4 Å². The van der Waals surface area contributed by atoms with E-state index in [-0.39, 0.29) is 5.91 Å². The lowest BCUT2D eigenvalue weighted by Gasteiger charge is -2.28. The summed E-state index contributed by atoms with van der Waals surface area (Å²) < 4.78 is 7.37. The third-order valence-corrected chi connectivity index (χ3v) is 5.54. The van der Waals surface area contributed by atoms with Gasteiger partial charge in [0.05, 0.1) is 13.7 Å². The van der Waals surface area contributed by atoms with Crippen LogP contribution in [0.5, 0.6) is 5.75 Å². The smallest absolute Gasteiger partial charge is 0.274 e. The molecule has 0 N–H and O–H groups in total. The first kappa shape index (κ1) is 20.2. The molecule has 30 heavy (non-hydrogen) atoms. The van der Waals surface area contributed by atoms with Crippen molar-refractivity contribution in [2.24, 2.45) is 0 Å². The zero-order valence-corrected chi connectivity index (χ0v) is 17.8. The van der Waals surface area contributed by atoms with Crippen molar-refractivity contribution in [2.45, 2.75) is 26.1 Å². The maximum atomic E-state index is 12.8. The fourth-order valence-corrected chi connectivity index (χ4v) is 3.98. The number of ether oxygens (including phenoxy) is 1. The average molecular weight is 405 g/mol. The summed E-state index contributed by atoms with van der Waals surface area (Å²) in [5.74, 6) is 0.825. The Morgan fingerprint density at radius 2 is 1.83 bits per heavy atom. The number of carbonyl (C=O) groups is 1. The van der Waals surface area contributed by atoms with Crippen LogP contribution < -0.4 is 4.74 Å². The van der Waals surface area contributed by atoms with Gasteiger partial charge in [0.2, 0.25) is 0 Å². The van der Waals surface area contributed by atoms with Crippen molar-refractivity contribution in [3.8, 4) is 5.75 Å². The number of benzene rings is 2. The maximum Gasteiger partial charge on any atom is 0.274 e. The molecule has 2 aromatic carbocycles. The van der Waals surface area contributed by atoms with Gasteiger partial charge < -0.3 is 9.64 Å². The van der Waals surface area contributed by atoms with Crippen molar-refractivity contribution >= 4 is 5.91 Å². The topological polar surface area (TPSA) is 50.6 Å². The van der Waals surface area contributed by atoms with Crippen molar-refractivity contribution in [3.05, 3.63) is 82.7 Å². The van der Waals surface area contributed by atoms with Crippen molar-refractivity contribution in [2.75, 3.05) is 27.7 Å². The standard InChI is InChI=1S/C24H28N4O2/c1-26(2)24(29)23-21-17-27(15-19-10-7-11-20(14-19)30-3)13-12-22(21)28(25-23)16-18-8-5-4-6-9-18/h4-11,14H,12-13,15-17H2,1-3H3. The summed E-state index contributed by atoms with van der Waals surface area (Å²) >= 11 is 0. The van der Waals surface area contributed by atoms with E-state index in [0.29, 0.717) is 12.2 Å². The minimum absolute atomic E-state index is 0.0405. The minimum Gasteiger partial charge on any atom is -0.497 e. The Kier molecular flexibility index (Phi) is 5.86. The predicted octanol–water partition coefficient (Wildman–Crippen LogP) is 3.20. The molecule has 0 spiro atoms. The number of amides is 1. The van der Waals surface area contributed by atoms with Crippen molar-refractivity contribution in [1.29, 1.82) is 0 Å². The van der Waals surface area contributed by atoms with Crippen LogP contribution in [-0.4, -0.2) is 53.2 Å². The van der Waals surface area contributed by atoms with Gasteiger partial charge in [0.1, 0.15) is 5.75 Å². The number of methoxy groups -OCH3 is 1. The fraction of sp³-hybridized carbons (Fsp3) is 0.333. The van der Waals surface area contributed by atoms with Gasteiger partial charge >= 0.3 is 0 Å². The van der Waals surface area contributed by atoms with Crippen LogP contribution in [0.2, 0.25) is 0 Å². The number of aromatic nitrogens is 2. The lowest BCUT2D eigenvalue weighted by Crippen LogP contribution is -2.32. The first-order chi connectivity index (χ1) is 14.5. The molecular formula is C24H28N4O2. The molecular weight excluding hydrogens is 376 g/mol. The van der Waals surface area contributed by atoms with Crippen LogP contribution >= 0.6 is 0 Å².